The number of nitrogens with two attached hydrogens (primary N) is 2. The van der Waals surface area contributed by atoms with E-state index in [1.807, 2.05) is 0 Å². The zero-order valence-corrected chi connectivity index (χ0v) is 12.6. The van der Waals surface area contributed by atoms with Crippen molar-refractivity contribution in [2.45, 2.75) is 43.8 Å². The smallest absolute Gasteiger partial charge is 0.451 e. The molecule has 0 radical (unpaired) electrons. The number of carboxylic acid groups (broad SMARTS) is 1. The van der Waals surface area contributed by atoms with Crippen molar-refractivity contribution < 1.29 is 29.9 Å². The molecule has 1 aliphatic rings. The van der Waals surface area contributed by atoms with Crippen LogP contribution in [0.1, 0.15) is 19.8 Å². The van der Waals surface area contributed by atoms with Crippen LogP contribution in [0.2, 0.25) is 6.32 Å². The number of piperidine rings is 1. The summed E-state index contributed by atoms with van der Waals surface area (Å²) in [6.07, 6.45) is -0.560. The maximum absolute atomic E-state index is 12.2. The number of rotatable bonds is 6. The fourth-order valence-corrected chi connectivity index (χ4v) is 2.68. The van der Waals surface area contributed by atoms with Crippen LogP contribution in [0.4, 0.5) is 0 Å². The van der Waals surface area contributed by atoms with E-state index in [0.29, 0.717) is 6.42 Å². The summed E-state index contributed by atoms with van der Waals surface area (Å²) in [5, 5.41) is 36.6. The Kier molecular flexibility index (Phi) is 6.32. The predicted octanol–water partition coefficient (Wildman–Crippen LogP) is -2.81. The topological polar surface area (TPSA) is 170 Å². The molecule has 0 aromatic rings. The normalized spacial score (nSPS) is 28.1. The zero-order valence-electron chi connectivity index (χ0n) is 12.6. The van der Waals surface area contributed by atoms with Gasteiger partial charge in [0.25, 0.3) is 0 Å². The van der Waals surface area contributed by atoms with Gasteiger partial charge < -0.3 is 36.6 Å². The van der Waals surface area contributed by atoms with Gasteiger partial charge in [0.05, 0.1) is 6.10 Å². The summed E-state index contributed by atoms with van der Waals surface area (Å²) in [7, 11) is -1.50. The maximum atomic E-state index is 12.2. The van der Waals surface area contributed by atoms with E-state index in [0.717, 1.165) is 0 Å². The largest absolute Gasteiger partial charge is 0.480 e. The van der Waals surface area contributed by atoms with Crippen LogP contribution in [0.15, 0.2) is 0 Å². The average molecular weight is 317 g/mol. The Hall–Kier alpha value is -1.20. The van der Waals surface area contributed by atoms with Crippen molar-refractivity contribution in [2.24, 2.45) is 17.4 Å². The third-order valence-electron chi connectivity index (χ3n) is 3.98. The second-order valence-electron chi connectivity index (χ2n) is 6.07. The molecular weight excluding hydrogens is 293 g/mol. The van der Waals surface area contributed by atoms with Crippen LogP contribution < -0.4 is 11.5 Å². The summed E-state index contributed by atoms with van der Waals surface area (Å²) in [6.45, 7) is 1.40. The molecule has 10 heteroatoms. The minimum atomic E-state index is -1.61. The molecule has 9 nitrogen and oxygen atoms in total. The summed E-state index contributed by atoms with van der Waals surface area (Å²) >= 11 is 0. The highest BCUT2D eigenvalue weighted by molar-refractivity contribution is 6.40. The van der Waals surface area contributed by atoms with Crippen LogP contribution in [-0.4, -0.2) is 74.9 Å². The van der Waals surface area contributed by atoms with Crippen molar-refractivity contribution in [1.82, 2.24) is 4.90 Å². The fourth-order valence-electron chi connectivity index (χ4n) is 2.68. The number of aliphatic hydroxyl groups is 1. The third-order valence-corrected chi connectivity index (χ3v) is 3.98. The van der Waals surface area contributed by atoms with Gasteiger partial charge >= 0.3 is 13.1 Å². The van der Waals surface area contributed by atoms with E-state index < -0.39 is 36.7 Å². The summed E-state index contributed by atoms with van der Waals surface area (Å²) in [6, 6.07) is -1.15. The monoisotopic (exact) mass is 317 g/mol. The number of carboxylic acids is 1. The molecule has 8 N–H and O–H groups in total. The third kappa shape index (κ3) is 4.65. The molecule has 1 rings (SSSR count). The van der Waals surface area contributed by atoms with E-state index in [2.05, 4.69) is 0 Å². The molecular formula is C12H24BN3O6. The molecule has 126 valence electrons. The first-order chi connectivity index (χ1) is 10.1. The van der Waals surface area contributed by atoms with Gasteiger partial charge in [-0.25, -0.2) is 0 Å². The van der Waals surface area contributed by atoms with Crippen LogP contribution in [0.25, 0.3) is 0 Å². The number of hydrogen-bond donors (Lipinski definition) is 6. The van der Waals surface area contributed by atoms with E-state index in [1.54, 1.807) is 0 Å². The molecule has 1 heterocycles. The number of aliphatic carboxylic acids is 1. The average Bonchev–Trinajstić information content (AvgIpc) is 2.42. The number of aliphatic hydroxyl groups excluding tert-OH is 1. The second kappa shape index (κ2) is 7.38. The highest BCUT2D eigenvalue weighted by Crippen LogP contribution is 2.28. The lowest BCUT2D eigenvalue weighted by atomic mass is 9.75. The lowest BCUT2D eigenvalue weighted by Crippen LogP contribution is -2.65. The Morgan fingerprint density at radius 2 is 2.05 bits per heavy atom. The maximum Gasteiger partial charge on any atom is 0.451 e. The molecule has 1 aliphatic heterocycles. The van der Waals surface area contributed by atoms with Crippen LogP contribution in [0.5, 0.6) is 0 Å². The Morgan fingerprint density at radius 1 is 1.45 bits per heavy atom. The molecule has 0 unspecified atom stereocenters. The molecule has 0 bridgehead atoms. The van der Waals surface area contributed by atoms with Crippen LogP contribution >= 0.6 is 0 Å². The van der Waals surface area contributed by atoms with Gasteiger partial charge in [-0.15, -0.1) is 0 Å². The van der Waals surface area contributed by atoms with E-state index >= 15 is 0 Å². The highest BCUT2D eigenvalue weighted by atomic mass is 16.4. The van der Waals surface area contributed by atoms with Crippen molar-refractivity contribution in [1.29, 1.82) is 0 Å². The van der Waals surface area contributed by atoms with Crippen molar-refractivity contribution in [3.63, 3.8) is 0 Å². The minimum Gasteiger partial charge on any atom is -0.480 e. The number of amides is 1. The summed E-state index contributed by atoms with van der Waals surface area (Å²) in [5.41, 5.74) is 9.88. The fraction of sp³-hybridized carbons (Fsp3) is 0.833. The van der Waals surface area contributed by atoms with Crippen LogP contribution in [-0.2, 0) is 9.59 Å². The molecule has 0 aromatic heterocycles. The van der Waals surface area contributed by atoms with Gasteiger partial charge in [-0.2, -0.15) is 0 Å². The Balaban J connectivity index is 2.88. The molecule has 1 amide bonds. The summed E-state index contributed by atoms with van der Waals surface area (Å²) in [5.74, 6) is -2.09. The van der Waals surface area contributed by atoms with Crippen LogP contribution in [0, 0.1) is 5.92 Å². The van der Waals surface area contributed by atoms with Gasteiger partial charge in [-0.1, -0.05) is 6.42 Å². The molecule has 0 aromatic carbocycles. The number of hydrogen-bond acceptors (Lipinski definition) is 7. The predicted molar refractivity (Wildman–Crippen MR) is 78.5 cm³/mol. The first-order valence-electron chi connectivity index (χ1n) is 7.17. The van der Waals surface area contributed by atoms with E-state index in [4.69, 9.17) is 21.5 Å². The summed E-state index contributed by atoms with van der Waals surface area (Å²) in [4.78, 5) is 24.9. The Bertz CT molecular complexity index is 422. The Morgan fingerprint density at radius 3 is 2.50 bits per heavy atom. The van der Waals surface area contributed by atoms with Crippen molar-refractivity contribution in [3.8, 4) is 0 Å². The standard InChI is InChI=1S/C12H24BN3O6/c1-7(17)9(14)10(18)16-5-8(2-3-13(21)22)4-12(15,6-16)11(19)20/h7-9,17,21-22H,2-6,14-15H2,1H3,(H,19,20)/t7-,8+,9+,12-/m1/s1. The Labute approximate surface area is 129 Å². The first-order valence-corrected chi connectivity index (χ1v) is 7.17. The van der Waals surface area contributed by atoms with Gasteiger partial charge in [-0.3, -0.25) is 9.59 Å². The van der Waals surface area contributed by atoms with Gasteiger partial charge in [0.2, 0.25) is 5.91 Å². The zero-order chi connectivity index (χ0) is 17.1. The van der Waals surface area contributed by atoms with E-state index in [1.165, 1.54) is 11.8 Å². The van der Waals surface area contributed by atoms with E-state index in [-0.39, 0.29) is 31.7 Å². The van der Waals surface area contributed by atoms with Crippen LogP contribution in [0.3, 0.4) is 0 Å². The minimum absolute atomic E-state index is 0.0604. The molecule has 1 fully saturated rings. The number of nitrogens with zero attached hydrogens (tertiary/aromatic N) is 1. The number of likely N-dealkylation sites (tertiary alicyclic amines) is 1. The second-order valence-corrected chi connectivity index (χ2v) is 6.07. The van der Waals surface area contributed by atoms with Gasteiger partial charge in [0.15, 0.2) is 0 Å². The number of carbonyl (C=O) groups excluding carboxylic acids is 1. The van der Waals surface area contributed by atoms with Gasteiger partial charge in [0.1, 0.15) is 11.6 Å². The summed E-state index contributed by atoms with van der Waals surface area (Å²) < 4.78 is 0. The molecule has 4 atom stereocenters. The lowest BCUT2D eigenvalue weighted by molar-refractivity contribution is -0.150. The van der Waals surface area contributed by atoms with Crippen molar-refractivity contribution in [2.75, 3.05) is 13.1 Å². The molecule has 0 spiro atoms. The molecule has 22 heavy (non-hydrogen) atoms. The van der Waals surface area contributed by atoms with Crippen molar-refractivity contribution >= 4 is 19.0 Å². The SMILES string of the molecule is C[C@@H](O)[C@H](N)C(=O)N1C[C@@H](CCB(O)O)C[C@](N)(C(=O)O)C1. The lowest BCUT2D eigenvalue weighted by Gasteiger charge is -2.42. The van der Waals surface area contributed by atoms with Gasteiger partial charge in [-0.05, 0) is 25.6 Å². The highest BCUT2D eigenvalue weighted by Gasteiger charge is 2.45. The molecule has 0 saturated carbocycles. The van der Waals surface area contributed by atoms with Gasteiger partial charge in [0, 0.05) is 13.1 Å². The molecule has 0 aliphatic carbocycles. The molecule has 1 saturated heterocycles. The quantitative estimate of drug-likeness (QED) is 0.285. The number of carbonyl (C=O) groups is 2. The first kappa shape index (κ1) is 18.9. The van der Waals surface area contributed by atoms with E-state index in [9.17, 15) is 19.8 Å². The van der Waals surface area contributed by atoms with Crippen molar-refractivity contribution in [3.05, 3.63) is 0 Å².